The second kappa shape index (κ2) is 4.43. The molecule has 0 amide bonds. The number of likely N-dealkylation sites (N-methyl/N-ethyl adjacent to an activating group) is 1. The highest BCUT2D eigenvalue weighted by atomic mass is 32.1. The molecule has 1 N–H and O–H groups in total. The Hall–Kier alpha value is -0.380. The van der Waals surface area contributed by atoms with E-state index in [-0.39, 0.29) is 0 Å². The van der Waals surface area contributed by atoms with E-state index in [1.807, 2.05) is 32.2 Å². The molecule has 0 aliphatic carbocycles. The Balaban J connectivity index is 2.45. The molecule has 0 saturated carbocycles. The molecule has 0 radical (unpaired) electrons. The third-order valence-electron chi connectivity index (χ3n) is 1.88. The normalized spacial score (nSPS) is 12.4. The molecule has 0 unspecified atom stereocenters. The summed E-state index contributed by atoms with van der Waals surface area (Å²) in [5, 5.41) is 9.63. The summed E-state index contributed by atoms with van der Waals surface area (Å²) >= 11 is 1.82. The van der Waals surface area contributed by atoms with Gasteiger partial charge >= 0.3 is 0 Å². The van der Waals surface area contributed by atoms with Crippen molar-refractivity contribution in [1.29, 1.82) is 0 Å². The molecule has 0 spiro atoms. The zero-order valence-electron chi connectivity index (χ0n) is 9.37. The Kier molecular flexibility index (Phi) is 3.70. The molecule has 0 bridgehead atoms. The summed E-state index contributed by atoms with van der Waals surface area (Å²) < 4.78 is 0. The van der Waals surface area contributed by atoms with E-state index in [9.17, 15) is 5.11 Å². The SMILES string of the molecule is Cc1ccc(CN(C)CC(C)(C)O)s1. The zero-order valence-corrected chi connectivity index (χ0v) is 10.2. The van der Waals surface area contributed by atoms with Gasteiger partial charge in [-0.1, -0.05) is 0 Å². The summed E-state index contributed by atoms with van der Waals surface area (Å²) in [6, 6.07) is 4.29. The minimum absolute atomic E-state index is 0.610. The maximum atomic E-state index is 9.63. The molecule has 1 rings (SSSR count). The summed E-state index contributed by atoms with van der Waals surface area (Å²) in [4.78, 5) is 4.84. The first kappa shape index (κ1) is 11.7. The first-order chi connectivity index (χ1) is 6.37. The van der Waals surface area contributed by atoms with Gasteiger partial charge in [0.15, 0.2) is 0 Å². The number of aryl methyl sites for hydroxylation is 1. The number of thiophene rings is 1. The lowest BCUT2D eigenvalue weighted by molar-refractivity contribution is 0.0427. The van der Waals surface area contributed by atoms with Gasteiger partial charge in [0, 0.05) is 22.8 Å². The fourth-order valence-corrected chi connectivity index (χ4v) is 2.52. The van der Waals surface area contributed by atoms with E-state index in [1.54, 1.807) is 0 Å². The van der Waals surface area contributed by atoms with Crippen molar-refractivity contribution < 1.29 is 5.11 Å². The van der Waals surface area contributed by atoms with Crippen molar-refractivity contribution in [2.24, 2.45) is 0 Å². The van der Waals surface area contributed by atoms with Gasteiger partial charge in [-0.3, -0.25) is 4.90 Å². The molecule has 0 fully saturated rings. The van der Waals surface area contributed by atoms with Gasteiger partial charge < -0.3 is 5.11 Å². The van der Waals surface area contributed by atoms with E-state index in [0.29, 0.717) is 6.54 Å². The Morgan fingerprint density at radius 3 is 2.50 bits per heavy atom. The fraction of sp³-hybridized carbons (Fsp3) is 0.636. The molecule has 2 nitrogen and oxygen atoms in total. The number of nitrogens with zero attached hydrogens (tertiary/aromatic N) is 1. The van der Waals surface area contributed by atoms with Crippen LogP contribution in [0, 0.1) is 6.92 Å². The Bertz CT molecular complexity index is 288. The predicted octanol–water partition coefficient (Wildman–Crippen LogP) is 2.26. The van der Waals surface area contributed by atoms with Gasteiger partial charge in [0.25, 0.3) is 0 Å². The van der Waals surface area contributed by atoms with Crippen LogP contribution in [0.2, 0.25) is 0 Å². The first-order valence-electron chi connectivity index (χ1n) is 4.83. The topological polar surface area (TPSA) is 23.5 Å². The van der Waals surface area contributed by atoms with Gasteiger partial charge in [0.05, 0.1) is 5.60 Å². The second-order valence-corrected chi connectivity index (χ2v) is 5.87. The molecule has 1 heterocycles. The summed E-state index contributed by atoms with van der Waals surface area (Å²) in [5.41, 5.74) is -0.610. The number of hydrogen-bond donors (Lipinski definition) is 1. The van der Waals surface area contributed by atoms with Crippen LogP contribution in [-0.2, 0) is 6.54 Å². The highest BCUT2D eigenvalue weighted by Gasteiger charge is 2.15. The van der Waals surface area contributed by atoms with Crippen molar-refractivity contribution in [3.05, 3.63) is 21.9 Å². The van der Waals surface area contributed by atoms with Crippen LogP contribution in [0.1, 0.15) is 23.6 Å². The molecule has 3 heteroatoms. The molecule has 14 heavy (non-hydrogen) atoms. The van der Waals surface area contributed by atoms with Crippen LogP contribution in [0.5, 0.6) is 0 Å². The maximum Gasteiger partial charge on any atom is 0.0718 e. The minimum atomic E-state index is -0.610. The largest absolute Gasteiger partial charge is 0.389 e. The quantitative estimate of drug-likeness (QED) is 0.829. The van der Waals surface area contributed by atoms with E-state index >= 15 is 0 Å². The van der Waals surface area contributed by atoms with Gasteiger partial charge in [-0.15, -0.1) is 11.3 Å². The zero-order chi connectivity index (χ0) is 10.8. The average molecular weight is 213 g/mol. The lowest BCUT2D eigenvalue weighted by atomic mass is 10.1. The first-order valence-corrected chi connectivity index (χ1v) is 5.65. The molecule has 80 valence electrons. The third-order valence-corrected chi connectivity index (χ3v) is 2.86. The van der Waals surface area contributed by atoms with Crippen molar-refractivity contribution >= 4 is 11.3 Å². The Morgan fingerprint density at radius 2 is 2.07 bits per heavy atom. The van der Waals surface area contributed by atoms with Gasteiger partial charge in [-0.25, -0.2) is 0 Å². The van der Waals surface area contributed by atoms with Crippen LogP contribution in [0.15, 0.2) is 12.1 Å². The van der Waals surface area contributed by atoms with Crippen molar-refractivity contribution in [1.82, 2.24) is 4.90 Å². The lowest BCUT2D eigenvalue weighted by Gasteiger charge is -2.24. The average Bonchev–Trinajstić information content (AvgIpc) is 2.30. The highest BCUT2D eigenvalue weighted by Crippen LogP contribution is 2.17. The molecular weight excluding hydrogens is 194 g/mol. The molecular formula is C11H19NOS. The molecule has 1 aromatic rings. The molecule has 0 aliphatic heterocycles. The van der Waals surface area contributed by atoms with Crippen LogP contribution < -0.4 is 0 Å². The standard InChI is InChI=1S/C11H19NOS/c1-9-5-6-10(14-9)7-12(4)8-11(2,3)13/h5-6,13H,7-8H2,1-4H3. The van der Waals surface area contributed by atoms with E-state index in [0.717, 1.165) is 6.54 Å². The van der Waals surface area contributed by atoms with Gasteiger partial charge in [-0.2, -0.15) is 0 Å². The fourth-order valence-electron chi connectivity index (χ4n) is 1.55. The number of rotatable bonds is 4. The minimum Gasteiger partial charge on any atom is -0.389 e. The van der Waals surface area contributed by atoms with Crippen LogP contribution in [0.4, 0.5) is 0 Å². The maximum absolute atomic E-state index is 9.63. The predicted molar refractivity (Wildman–Crippen MR) is 61.7 cm³/mol. The van der Waals surface area contributed by atoms with E-state index < -0.39 is 5.60 Å². The summed E-state index contributed by atoms with van der Waals surface area (Å²) in [6.07, 6.45) is 0. The summed E-state index contributed by atoms with van der Waals surface area (Å²) in [7, 11) is 2.03. The van der Waals surface area contributed by atoms with Crippen molar-refractivity contribution in [2.75, 3.05) is 13.6 Å². The van der Waals surface area contributed by atoms with Gasteiger partial charge in [0.1, 0.15) is 0 Å². The molecule has 0 atom stereocenters. The number of aliphatic hydroxyl groups is 1. The highest BCUT2D eigenvalue weighted by molar-refractivity contribution is 7.11. The summed E-state index contributed by atoms with van der Waals surface area (Å²) in [5.74, 6) is 0. The van der Waals surface area contributed by atoms with E-state index in [4.69, 9.17) is 0 Å². The van der Waals surface area contributed by atoms with Crippen LogP contribution >= 0.6 is 11.3 Å². The lowest BCUT2D eigenvalue weighted by Crippen LogP contribution is -2.35. The molecule has 0 saturated heterocycles. The smallest absolute Gasteiger partial charge is 0.0718 e. The van der Waals surface area contributed by atoms with Crippen LogP contribution in [0.25, 0.3) is 0 Å². The molecule has 0 aromatic carbocycles. The van der Waals surface area contributed by atoms with E-state index in [2.05, 4.69) is 24.0 Å². The second-order valence-electron chi connectivity index (χ2n) is 4.50. The van der Waals surface area contributed by atoms with E-state index in [1.165, 1.54) is 9.75 Å². The van der Waals surface area contributed by atoms with Crippen LogP contribution in [-0.4, -0.2) is 29.2 Å². The monoisotopic (exact) mass is 213 g/mol. The Morgan fingerprint density at radius 1 is 1.43 bits per heavy atom. The third kappa shape index (κ3) is 4.22. The van der Waals surface area contributed by atoms with Crippen molar-refractivity contribution in [3.8, 4) is 0 Å². The summed E-state index contributed by atoms with van der Waals surface area (Å²) in [6.45, 7) is 7.41. The van der Waals surface area contributed by atoms with Crippen molar-refractivity contribution in [2.45, 2.75) is 32.9 Å². The van der Waals surface area contributed by atoms with Crippen molar-refractivity contribution in [3.63, 3.8) is 0 Å². The van der Waals surface area contributed by atoms with Gasteiger partial charge in [-0.05, 0) is 40.0 Å². The van der Waals surface area contributed by atoms with Gasteiger partial charge in [0.2, 0.25) is 0 Å². The molecule has 1 aromatic heterocycles. The number of hydrogen-bond acceptors (Lipinski definition) is 3. The molecule has 0 aliphatic rings. The van der Waals surface area contributed by atoms with Crippen LogP contribution in [0.3, 0.4) is 0 Å². The Labute approximate surface area is 90.2 Å².